The fourth-order valence-electron chi connectivity index (χ4n) is 4.65. The minimum Gasteiger partial charge on any atom is -0.468 e. The zero-order chi connectivity index (χ0) is 21.9. The first-order chi connectivity index (χ1) is 15.7. The number of pyridine rings is 1. The minimum atomic E-state index is -0.0716. The van der Waals surface area contributed by atoms with Crippen LogP contribution in [0.25, 0.3) is 10.9 Å². The Bertz CT molecular complexity index is 1240. The molecule has 0 bridgehead atoms. The fourth-order valence-corrected chi connectivity index (χ4v) is 4.65. The average Bonchev–Trinajstić information content (AvgIpc) is 3.47. The number of nitrogens with one attached hydrogen (secondary N) is 1. The Morgan fingerprint density at radius 3 is 2.81 bits per heavy atom. The van der Waals surface area contributed by atoms with Crippen molar-refractivity contribution in [1.82, 2.24) is 30.1 Å². The molecule has 0 amide bonds. The monoisotopic (exact) mass is 432 g/mol. The lowest BCUT2D eigenvalue weighted by Gasteiger charge is -2.25. The van der Waals surface area contributed by atoms with Crippen molar-refractivity contribution in [3.8, 4) is 0 Å². The highest BCUT2D eigenvalue weighted by molar-refractivity contribution is 5.79. The van der Waals surface area contributed by atoms with Crippen LogP contribution in [0, 0.1) is 6.92 Å². The van der Waals surface area contributed by atoms with Gasteiger partial charge >= 0.3 is 0 Å². The van der Waals surface area contributed by atoms with Crippen LogP contribution in [-0.2, 0) is 19.6 Å². The third kappa shape index (κ3) is 4.50. The lowest BCUT2D eigenvalue weighted by molar-refractivity contribution is 0.209. The lowest BCUT2D eigenvalue weighted by atomic mass is 9.95. The maximum atomic E-state index is 12.8. The second-order valence-electron chi connectivity index (χ2n) is 8.77. The number of tetrazole rings is 1. The van der Waals surface area contributed by atoms with Crippen molar-refractivity contribution in [2.45, 2.75) is 64.7 Å². The molecule has 3 heterocycles. The first kappa shape index (κ1) is 20.6. The molecule has 5 rings (SSSR count). The molecule has 0 spiro atoms. The number of furan rings is 1. The summed E-state index contributed by atoms with van der Waals surface area (Å²) in [6.45, 7) is 3.63. The van der Waals surface area contributed by atoms with Gasteiger partial charge in [0.2, 0.25) is 0 Å². The maximum absolute atomic E-state index is 12.8. The Morgan fingerprint density at radius 2 is 2.00 bits per heavy atom. The van der Waals surface area contributed by atoms with Crippen LogP contribution in [0.3, 0.4) is 0 Å². The van der Waals surface area contributed by atoms with Gasteiger partial charge in [-0.1, -0.05) is 30.9 Å². The number of nitrogens with zero attached hydrogens (tertiary/aromatic N) is 5. The molecule has 4 aromatic rings. The van der Waals surface area contributed by atoms with E-state index in [0.29, 0.717) is 31.2 Å². The van der Waals surface area contributed by atoms with Gasteiger partial charge in [-0.25, -0.2) is 4.68 Å². The molecule has 1 aromatic carbocycles. The summed E-state index contributed by atoms with van der Waals surface area (Å²) in [7, 11) is 0. The van der Waals surface area contributed by atoms with Gasteiger partial charge in [-0.05, 0) is 65.9 Å². The Balaban J connectivity index is 1.43. The molecule has 1 aliphatic carbocycles. The Morgan fingerprint density at radius 1 is 1.12 bits per heavy atom. The molecule has 1 N–H and O–H groups in total. The summed E-state index contributed by atoms with van der Waals surface area (Å²) >= 11 is 0. The van der Waals surface area contributed by atoms with Gasteiger partial charge in [0.15, 0.2) is 5.82 Å². The molecule has 8 nitrogen and oxygen atoms in total. The van der Waals surface area contributed by atoms with Crippen LogP contribution in [0.4, 0.5) is 0 Å². The molecule has 0 unspecified atom stereocenters. The van der Waals surface area contributed by atoms with Crippen molar-refractivity contribution in [3.63, 3.8) is 0 Å². The van der Waals surface area contributed by atoms with Gasteiger partial charge in [-0.2, -0.15) is 0 Å². The van der Waals surface area contributed by atoms with Crippen LogP contribution in [0.5, 0.6) is 0 Å². The van der Waals surface area contributed by atoms with Crippen molar-refractivity contribution in [2.75, 3.05) is 0 Å². The molecule has 3 aromatic heterocycles. The van der Waals surface area contributed by atoms with E-state index in [4.69, 9.17) is 4.42 Å². The number of H-pyrrole nitrogens is 1. The largest absolute Gasteiger partial charge is 0.468 e. The summed E-state index contributed by atoms with van der Waals surface area (Å²) in [4.78, 5) is 18.0. The van der Waals surface area contributed by atoms with Gasteiger partial charge in [-0.15, -0.1) is 5.10 Å². The van der Waals surface area contributed by atoms with Crippen LogP contribution in [0.15, 0.2) is 51.9 Å². The molecule has 0 atom stereocenters. The topological polar surface area (TPSA) is 92.8 Å². The Hall–Kier alpha value is -3.26. The average molecular weight is 433 g/mol. The van der Waals surface area contributed by atoms with Gasteiger partial charge in [0.05, 0.1) is 25.4 Å². The fraction of sp³-hybridized carbons (Fsp3) is 0.417. The second-order valence-corrected chi connectivity index (χ2v) is 8.77. The number of aryl methyl sites for hydroxylation is 1. The summed E-state index contributed by atoms with van der Waals surface area (Å²) in [5.41, 5.74) is 2.65. The van der Waals surface area contributed by atoms with E-state index in [-0.39, 0.29) is 5.56 Å². The first-order valence-corrected chi connectivity index (χ1v) is 11.3. The van der Waals surface area contributed by atoms with Crippen LogP contribution in [0.1, 0.15) is 60.9 Å². The Labute approximate surface area is 186 Å². The van der Waals surface area contributed by atoms with Gasteiger partial charge < -0.3 is 9.40 Å². The molecule has 1 aliphatic rings. The van der Waals surface area contributed by atoms with Crippen molar-refractivity contribution in [2.24, 2.45) is 0 Å². The van der Waals surface area contributed by atoms with E-state index >= 15 is 0 Å². The highest BCUT2D eigenvalue weighted by atomic mass is 16.3. The SMILES string of the molecule is Cc1ccc2[nH]c(=O)c(CN(Cc3ccco3)Cc3nnnn3C3CCCCC3)cc2c1. The van der Waals surface area contributed by atoms with Crippen LogP contribution in [-0.4, -0.2) is 30.1 Å². The molecule has 32 heavy (non-hydrogen) atoms. The summed E-state index contributed by atoms with van der Waals surface area (Å²) in [5, 5.41) is 13.6. The number of hydrogen-bond acceptors (Lipinski definition) is 6. The van der Waals surface area contributed by atoms with Gasteiger partial charge in [0, 0.05) is 17.6 Å². The predicted octanol–water partition coefficient (Wildman–Crippen LogP) is 4.12. The van der Waals surface area contributed by atoms with Crippen LogP contribution in [0.2, 0.25) is 0 Å². The first-order valence-electron chi connectivity index (χ1n) is 11.3. The van der Waals surface area contributed by atoms with Crippen molar-refractivity contribution in [3.05, 3.63) is 75.7 Å². The quantitative estimate of drug-likeness (QED) is 0.472. The molecular weight excluding hydrogens is 404 g/mol. The van der Waals surface area contributed by atoms with Crippen molar-refractivity contribution < 1.29 is 4.42 Å². The number of aromatic nitrogens is 5. The number of fused-ring (bicyclic) bond motifs is 1. The molecule has 1 saturated carbocycles. The maximum Gasteiger partial charge on any atom is 0.252 e. The lowest BCUT2D eigenvalue weighted by Crippen LogP contribution is -2.28. The van der Waals surface area contributed by atoms with Gasteiger partial charge in [-0.3, -0.25) is 9.69 Å². The standard InChI is InChI=1S/C24H28N6O2/c1-17-9-10-22-18(12-17)13-19(24(31)25-22)14-29(15-21-8-5-11-32-21)16-23-26-27-28-30(23)20-6-3-2-4-7-20/h5,8-13,20H,2-4,6-7,14-16H2,1H3,(H,25,31). The van der Waals surface area contributed by atoms with E-state index in [1.165, 1.54) is 19.3 Å². The highest BCUT2D eigenvalue weighted by Crippen LogP contribution is 2.28. The van der Waals surface area contributed by atoms with E-state index < -0.39 is 0 Å². The zero-order valence-corrected chi connectivity index (χ0v) is 18.3. The van der Waals surface area contributed by atoms with Gasteiger partial charge in [0.1, 0.15) is 5.76 Å². The number of aromatic amines is 1. The summed E-state index contributed by atoms with van der Waals surface area (Å²) < 4.78 is 7.59. The van der Waals surface area contributed by atoms with E-state index in [2.05, 4.69) is 38.4 Å². The smallest absolute Gasteiger partial charge is 0.252 e. The number of hydrogen-bond donors (Lipinski definition) is 1. The molecule has 8 heteroatoms. The molecular formula is C24H28N6O2. The highest BCUT2D eigenvalue weighted by Gasteiger charge is 2.22. The minimum absolute atomic E-state index is 0.0716. The van der Waals surface area contributed by atoms with E-state index in [1.807, 2.05) is 35.0 Å². The van der Waals surface area contributed by atoms with Crippen molar-refractivity contribution >= 4 is 10.9 Å². The summed E-state index contributed by atoms with van der Waals surface area (Å²) in [6, 6.07) is 12.2. The molecule has 0 radical (unpaired) electrons. The Kier molecular flexibility index (Phi) is 5.85. The van der Waals surface area contributed by atoms with Crippen LogP contribution < -0.4 is 5.56 Å². The predicted molar refractivity (Wildman–Crippen MR) is 121 cm³/mol. The molecule has 1 fully saturated rings. The molecule has 166 valence electrons. The van der Waals surface area contributed by atoms with E-state index in [9.17, 15) is 4.79 Å². The van der Waals surface area contributed by atoms with E-state index in [1.54, 1.807) is 6.26 Å². The van der Waals surface area contributed by atoms with Gasteiger partial charge in [0.25, 0.3) is 5.56 Å². The van der Waals surface area contributed by atoms with Crippen LogP contribution >= 0.6 is 0 Å². The van der Waals surface area contributed by atoms with Crippen molar-refractivity contribution in [1.29, 1.82) is 0 Å². The summed E-state index contributed by atoms with van der Waals surface area (Å²) in [6.07, 6.45) is 7.60. The normalized spacial score (nSPS) is 15.1. The molecule has 0 aliphatic heterocycles. The second kappa shape index (κ2) is 9.08. The number of benzene rings is 1. The zero-order valence-electron chi connectivity index (χ0n) is 18.3. The molecule has 0 saturated heterocycles. The number of rotatable bonds is 7. The third-order valence-electron chi connectivity index (χ3n) is 6.28. The third-order valence-corrected chi connectivity index (χ3v) is 6.28. The summed E-state index contributed by atoms with van der Waals surface area (Å²) in [5.74, 6) is 1.67. The van der Waals surface area contributed by atoms with E-state index in [0.717, 1.165) is 40.9 Å².